The molecule has 2 aromatic carbocycles. The highest BCUT2D eigenvalue weighted by molar-refractivity contribution is 5.78. The van der Waals surface area contributed by atoms with Crippen molar-refractivity contribution in [1.82, 2.24) is 5.32 Å². The molecule has 2 aromatic rings. The molecule has 4 aliphatic carbocycles. The number of hydrogen-bond acceptors (Lipinski definition) is 1. The Balaban J connectivity index is 1.43. The van der Waals surface area contributed by atoms with Crippen LogP contribution < -0.4 is 5.32 Å². The summed E-state index contributed by atoms with van der Waals surface area (Å²) in [6, 6.07) is 21.4. The van der Waals surface area contributed by atoms with Crippen molar-refractivity contribution in [2.75, 3.05) is 0 Å². The number of hydrogen-bond donors (Lipinski definition) is 1. The molecule has 1 amide bonds. The molecule has 29 heavy (non-hydrogen) atoms. The van der Waals surface area contributed by atoms with Gasteiger partial charge in [-0.15, -0.1) is 0 Å². The molecule has 1 unspecified atom stereocenters. The van der Waals surface area contributed by atoms with E-state index in [9.17, 15) is 4.79 Å². The number of carbonyl (C=O) groups is 1. The average Bonchev–Trinajstić information content (AvgIpc) is 2.73. The first-order valence-electron chi connectivity index (χ1n) is 11.5. The van der Waals surface area contributed by atoms with Crippen LogP contribution in [0.1, 0.15) is 63.1 Å². The molecule has 0 heterocycles. The van der Waals surface area contributed by atoms with Crippen molar-refractivity contribution >= 4 is 5.91 Å². The summed E-state index contributed by atoms with van der Waals surface area (Å²) in [5, 5.41) is 3.32. The van der Waals surface area contributed by atoms with E-state index in [4.69, 9.17) is 0 Å². The minimum Gasteiger partial charge on any atom is -0.350 e. The van der Waals surface area contributed by atoms with E-state index in [1.807, 2.05) is 18.2 Å². The third-order valence-electron chi connectivity index (χ3n) is 8.73. The molecule has 0 radical (unpaired) electrons. The van der Waals surface area contributed by atoms with E-state index < -0.39 is 0 Å². The molecule has 6 rings (SSSR count). The Morgan fingerprint density at radius 1 is 0.931 bits per heavy atom. The van der Waals surface area contributed by atoms with Gasteiger partial charge < -0.3 is 5.32 Å². The van der Waals surface area contributed by atoms with Gasteiger partial charge in [0.25, 0.3) is 0 Å². The Hall–Kier alpha value is -2.09. The Kier molecular flexibility index (Phi) is 4.76. The first kappa shape index (κ1) is 18.9. The number of carbonyl (C=O) groups excluding carboxylic acids is 1. The highest BCUT2D eigenvalue weighted by Crippen LogP contribution is 2.65. The Bertz CT molecular complexity index is 829. The highest BCUT2D eigenvalue weighted by Gasteiger charge is 2.60. The fourth-order valence-corrected chi connectivity index (χ4v) is 7.26. The number of benzene rings is 2. The summed E-state index contributed by atoms with van der Waals surface area (Å²) in [6.45, 7) is 4.58. The fraction of sp³-hybridized carbons (Fsp3) is 0.519. The SMILES string of the molecule is CC(NC(=O)CC1(c2ccccc2)C2CC3CC1CC(C2)C3C)c1ccccc1. The van der Waals surface area contributed by atoms with Crippen LogP contribution in [0.2, 0.25) is 0 Å². The zero-order valence-corrected chi connectivity index (χ0v) is 17.7. The van der Waals surface area contributed by atoms with Gasteiger partial charge in [-0.2, -0.15) is 0 Å². The lowest BCUT2D eigenvalue weighted by molar-refractivity contribution is -0.133. The largest absolute Gasteiger partial charge is 0.350 e. The van der Waals surface area contributed by atoms with Gasteiger partial charge in [0.05, 0.1) is 6.04 Å². The van der Waals surface area contributed by atoms with Gasteiger partial charge in [-0.05, 0) is 73.3 Å². The number of rotatable bonds is 5. The van der Waals surface area contributed by atoms with Gasteiger partial charge in [0.15, 0.2) is 0 Å². The molecule has 0 aromatic heterocycles. The number of nitrogens with one attached hydrogen (secondary N) is 1. The Morgan fingerprint density at radius 3 is 2.00 bits per heavy atom. The number of amides is 1. The minimum atomic E-state index is 0.0227. The van der Waals surface area contributed by atoms with Crippen molar-refractivity contribution in [3.8, 4) is 0 Å². The maximum atomic E-state index is 13.4. The van der Waals surface area contributed by atoms with Crippen molar-refractivity contribution in [2.24, 2.45) is 29.6 Å². The molecule has 152 valence electrons. The first-order chi connectivity index (χ1) is 14.1. The maximum Gasteiger partial charge on any atom is 0.221 e. The summed E-state index contributed by atoms with van der Waals surface area (Å²) < 4.78 is 0. The van der Waals surface area contributed by atoms with Gasteiger partial charge in [0.1, 0.15) is 0 Å². The molecule has 0 saturated heterocycles. The average molecular weight is 388 g/mol. The highest BCUT2D eigenvalue weighted by atomic mass is 16.1. The van der Waals surface area contributed by atoms with E-state index in [0.717, 1.165) is 17.8 Å². The van der Waals surface area contributed by atoms with Crippen molar-refractivity contribution in [1.29, 1.82) is 0 Å². The van der Waals surface area contributed by atoms with E-state index >= 15 is 0 Å². The zero-order valence-electron chi connectivity index (χ0n) is 17.7. The summed E-state index contributed by atoms with van der Waals surface area (Å²) in [5.41, 5.74) is 2.60. The zero-order chi connectivity index (χ0) is 20.0. The van der Waals surface area contributed by atoms with E-state index in [2.05, 4.69) is 61.6 Å². The Morgan fingerprint density at radius 2 is 1.45 bits per heavy atom. The standard InChI is InChI=1S/C27H33NO/c1-18-21-13-24-15-22(18)16-25(14-21)27(24,23-11-7-4-8-12-23)17-26(29)28-19(2)20-9-5-3-6-10-20/h3-12,18-19,21-22,24-25H,13-17H2,1-2H3,(H,28,29). The van der Waals surface area contributed by atoms with Crippen LogP contribution in [-0.2, 0) is 10.2 Å². The molecule has 4 fully saturated rings. The van der Waals surface area contributed by atoms with Crippen LogP contribution in [-0.4, -0.2) is 5.91 Å². The quantitative estimate of drug-likeness (QED) is 0.680. The lowest BCUT2D eigenvalue weighted by atomic mass is 9.41. The summed E-state index contributed by atoms with van der Waals surface area (Å²) in [6.07, 6.45) is 5.88. The minimum absolute atomic E-state index is 0.0227. The topological polar surface area (TPSA) is 29.1 Å². The summed E-state index contributed by atoms with van der Waals surface area (Å²) in [4.78, 5) is 13.4. The lowest BCUT2D eigenvalue weighted by Crippen LogP contribution is -2.59. The van der Waals surface area contributed by atoms with Gasteiger partial charge in [-0.1, -0.05) is 67.6 Å². The predicted octanol–water partition coefficient (Wildman–Crippen LogP) is 5.89. The van der Waals surface area contributed by atoms with Gasteiger partial charge in [0.2, 0.25) is 5.91 Å². The van der Waals surface area contributed by atoms with Crippen LogP contribution in [0.5, 0.6) is 0 Å². The van der Waals surface area contributed by atoms with E-state index in [1.54, 1.807) is 0 Å². The molecule has 0 spiro atoms. The molecule has 4 aliphatic rings. The van der Waals surface area contributed by atoms with Gasteiger partial charge in [-0.3, -0.25) is 4.79 Å². The third kappa shape index (κ3) is 3.12. The van der Waals surface area contributed by atoms with Crippen molar-refractivity contribution in [3.05, 3.63) is 71.8 Å². The van der Waals surface area contributed by atoms with E-state index in [-0.39, 0.29) is 17.4 Å². The van der Waals surface area contributed by atoms with Crippen molar-refractivity contribution in [2.45, 2.75) is 57.4 Å². The molecule has 0 aliphatic heterocycles. The monoisotopic (exact) mass is 387 g/mol. The van der Waals surface area contributed by atoms with Crippen LogP contribution in [0.3, 0.4) is 0 Å². The fourth-order valence-electron chi connectivity index (χ4n) is 7.26. The van der Waals surface area contributed by atoms with Crippen molar-refractivity contribution < 1.29 is 4.79 Å². The summed E-state index contributed by atoms with van der Waals surface area (Å²) >= 11 is 0. The predicted molar refractivity (Wildman–Crippen MR) is 117 cm³/mol. The van der Waals surface area contributed by atoms with Gasteiger partial charge >= 0.3 is 0 Å². The van der Waals surface area contributed by atoms with Crippen molar-refractivity contribution in [3.63, 3.8) is 0 Å². The summed E-state index contributed by atoms with van der Waals surface area (Å²) in [7, 11) is 0. The van der Waals surface area contributed by atoms with Crippen LogP contribution in [0, 0.1) is 29.6 Å². The second-order valence-corrected chi connectivity index (χ2v) is 10.00. The molecule has 4 bridgehead atoms. The molecule has 4 saturated carbocycles. The summed E-state index contributed by atoms with van der Waals surface area (Å²) in [5.74, 6) is 4.15. The van der Waals surface area contributed by atoms with Gasteiger partial charge in [-0.25, -0.2) is 0 Å². The maximum absolute atomic E-state index is 13.4. The Labute approximate surface area is 175 Å². The third-order valence-corrected chi connectivity index (χ3v) is 8.73. The van der Waals surface area contributed by atoms with Gasteiger partial charge in [0, 0.05) is 11.8 Å². The second kappa shape index (κ2) is 7.31. The lowest BCUT2D eigenvalue weighted by Gasteiger charge is -2.63. The second-order valence-electron chi connectivity index (χ2n) is 10.00. The molecule has 2 nitrogen and oxygen atoms in total. The molecular formula is C27H33NO. The van der Waals surface area contributed by atoms with Crippen LogP contribution >= 0.6 is 0 Å². The van der Waals surface area contributed by atoms with Crippen LogP contribution in [0.25, 0.3) is 0 Å². The first-order valence-corrected chi connectivity index (χ1v) is 11.5. The normalized spacial score (nSPS) is 36.0. The molecular weight excluding hydrogens is 354 g/mol. The molecule has 1 N–H and O–H groups in total. The molecule has 2 heteroatoms. The molecule has 1 atom stereocenters. The van der Waals surface area contributed by atoms with Crippen LogP contribution in [0.15, 0.2) is 60.7 Å². The van der Waals surface area contributed by atoms with Crippen LogP contribution in [0.4, 0.5) is 0 Å². The van der Waals surface area contributed by atoms with E-state index in [1.165, 1.54) is 36.8 Å². The van der Waals surface area contributed by atoms with E-state index in [0.29, 0.717) is 18.3 Å². The smallest absolute Gasteiger partial charge is 0.221 e.